The molecule has 0 aliphatic heterocycles. The SMILES string of the molecule is CNC1CCCC1CCS(=O)(=O)c1cccc(OC)c1. The molecule has 0 bridgehead atoms. The van der Waals surface area contributed by atoms with Gasteiger partial charge in [-0.25, -0.2) is 8.42 Å². The Kier molecular flexibility index (Phi) is 5.05. The van der Waals surface area contributed by atoms with Crippen LogP contribution in [-0.2, 0) is 9.84 Å². The Bertz CT molecular complexity index is 542. The molecule has 0 amide bonds. The van der Waals surface area contributed by atoms with E-state index < -0.39 is 9.84 Å². The smallest absolute Gasteiger partial charge is 0.178 e. The van der Waals surface area contributed by atoms with Crippen LogP contribution >= 0.6 is 0 Å². The lowest BCUT2D eigenvalue weighted by Crippen LogP contribution is -2.30. The molecule has 1 saturated carbocycles. The van der Waals surface area contributed by atoms with Crippen molar-refractivity contribution in [2.24, 2.45) is 5.92 Å². The van der Waals surface area contributed by atoms with E-state index in [-0.39, 0.29) is 5.75 Å². The molecular weight excluding hydrogens is 274 g/mol. The lowest BCUT2D eigenvalue weighted by Gasteiger charge is -2.18. The number of rotatable bonds is 6. The van der Waals surface area contributed by atoms with Crippen LogP contribution < -0.4 is 10.1 Å². The van der Waals surface area contributed by atoms with E-state index in [1.54, 1.807) is 31.4 Å². The summed E-state index contributed by atoms with van der Waals surface area (Å²) in [5.74, 6) is 1.27. The van der Waals surface area contributed by atoms with Crippen LogP contribution in [0.5, 0.6) is 5.75 Å². The number of benzene rings is 1. The van der Waals surface area contributed by atoms with Gasteiger partial charge in [0.05, 0.1) is 17.8 Å². The van der Waals surface area contributed by atoms with Gasteiger partial charge >= 0.3 is 0 Å². The molecule has 1 aromatic rings. The third kappa shape index (κ3) is 3.52. The van der Waals surface area contributed by atoms with Crippen molar-refractivity contribution in [2.45, 2.75) is 36.6 Å². The Balaban J connectivity index is 2.03. The molecule has 0 aromatic heterocycles. The van der Waals surface area contributed by atoms with Gasteiger partial charge in [-0.2, -0.15) is 0 Å². The van der Waals surface area contributed by atoms with Crippen LogP contribution in [0.1, 0.15) is 25.7 Å². The van der Waals surface area contributed by atoms with E-state index in [9.17, 15) is 8.42 Å². The molecule has 112 valence electrons. The fourth-order valence-corrected chi connectivity index (χ4v) is 4.41. The van der Waals surface area contributed by atoms with Crippen LogP contribution in [0.25, 0.3) is 0 Å². The molecule has 1 aromatic carbocycles. The minimum Gasteiger partial charge on any atom is -0.497 e. The van der Waals surface area contributed by atoms with E-state index in [1.165, 1.54) is 6.42 Å². The van der Waals surface area contributed by atoms with Crippen LogP contribution in [0, 0.1) is 5.92 Å². The number of nitrogens with one attached hydrogen (secondary N) is 1. The number of methoxy groups -OCH3 is 1. The van der Waals surface area contributed by atoms with Crippen LogP contribution in [0.2, 0.25) is 0 Å². The molecule has 1 aliphatic rings. The molecule has 4 nitrogen and oxygen atoms in total. The van der Waals surface area contributed by atoms with Crippen LogP contribution in [0.4, 0.5) is 0 Å². The molecule has 2 atom stereocenters. The minimum absolute atomic E-state index is 0.211. The normalized spacial score (nSPS) is 22.9. The highest BCUT2D eigenvalue weighted by molar-refractivity contribution is 7.91. The molecule has 0 heterocycles. The molecule has 0 spiro atoms. The molecule has 2 unspecified atom stereocenters. The first-order chi connectivity index (χ1) is 9.56. The summed E-state index contributed by atoms with van der Waals surface area (Å²) in [5, 5.41) is 3.29. The molecule has 0 radical (unpaired) electrons. The second kappa shape index (κ2) is 6.59. The van der Waals surface area contributed by atoms with Gasteiger partial charge in [0.25, 0.3) is 0 Å². The van der Waals surface area contributed by atoms with Gasteiger partial charge in [0.15, 0.2) is 9.84 Å². The van der Waals surface area contributed by atoms with Crippen molar-refractivity contribution in [3.63, 3.8) is 0 Å². The van der Waals surface area contributed by atoms with Gasteiger partial charge < -0.3 is 10.1 Å². The van der Waals surface area contributed by atoms with Gasteiger partial charge in [-0.05, 0) is 50.4 Å². The summed E-state index contributed by atoms with van der Waals surface area (Å²) < 4.78 is 29.8. The van der Waals surface area contributed by atoms with Crippen LogP contribution in [-0.4, -0.2) is 34.4 Å². The van der Waals surface area contributed by atoms with Crippen LogP contribution in [0.15, 0.2) is 29.2 Å². The van der Waals surface area contributed by atoms with Crippen molar-refractivity contribution in [3.8, 4) is 5.75 Å². The number of hydrogen-bond donors (Lipinski definition) is 1. The standard InChI is InChI=1S/C15H23NO3S/c1-16-15-8-3-5-12(15)9-10-20(17,18)14-7-4-6-13(11-14)19-2/h4,6-7,11-12,15-16H,3,5,8-10H2,1-2H3. The Labute approximate surface area is 121 Å². The third-order valence-corrected chi connectivity index (χ3v) is 5.93. The average Bonchev–Trinajstić information content (AvgIpc) is 2.93. The van der Waals surface area contributed by atoms with E-state index >= 15 is 0 Å². The van der Waals surface area contributed by atoms with Crippen molar-refractivity contribution >= 4 is 9.84 Å². The fourth-order valence-electron chi connectivity index (χ4n) is 2.98. The molecule has 20 heavy (non-hydrogen) atoms. The lowest BCUT2D eigenvalue weighted by molar-refractivity contribution is 0.412. The Morgan fingerprint density at radius 2 is 2.15 bits per heavy atom. The molecule has 1 fully saturated rings. The third-order valence-electron chi connectivity index (χ3n) is 4.19. The van der Waals surface area contributed by atoms with Gasteiger partial charge in [0, 0.05) is 6.04 Å². The zero-order chi connectivity index (χ0) is 14.6. The van der Waals surface area contributed by atoms with Crippen molar-refractivity contribution < 1.29 is 13.2 Å². The number of sulfone groups is 1. The van der Waals surface area contributed by atoms with Crippen LogP contribution in [0.3, 0.4) is 0 Å². The van der Waals surface area contributed by atoms with Gasteiger partial charge in [-0.15, -0.1) is 0 Å². The van der Waals surface area contributed by atoms with Crippen molar-refractivity contribution in [3.05, 3.63) is 24.3 Å². The highest BCUT2D eigenvalue weighted by atomic mass is 32.2. The van der Waals surface area contributed by atoms with E-state index in [4.69, 9.17) is 4.74 Å². The first-order valence-corrected chi connectivity index (χ1v) is 8.76. The van der Waals surface area contributed by atoms with Gasteiger partial charge in [-0.1, -0.05) is 12.5 Å². The highest BCUT2D eigenvalue weighted by Gasteiger charge is 2.27. The van der Waals surface area contributed by atoms with Gasteiger partial charge in [0.2, 0.25) is 0 Å². The molecule has 1 N–H and O–H groups in total. The first kappa shape index (κ1) is 15.3. The second-order valence-corrected chi connectivity index (χ2v) is 7.48. The highest BCUT2D eigenvalue weighted by Crippen LogP contribution is 2.29. The molecular formula is C15H23NO3S. The van der Waals surface area contributed by atoms with Crippen molar-refractivity contribution in [1.29, 1.82) is 0 Å². The monoisotopic (exact) mass is 297 g/mol. The molecule has 5 heteroatoms. The Hall–Kier alpha value is -1.07. The van der Waals surface area contributed by atoms with Gasteiger partial charge in [-0.3, -0.25) is 0 Å². The zero-order valence-electron chi connectivity index (χ0n) is 12.1. The van der Waals surface area contributed by atoms with Gasteiger partial charge in [0.1, 0.15) is 5.75 Å². The zero-order valence-corrected chi connectivity index (χ0v) is 12.9. The maximum Gasteiger partial charge on any atom is 0.178 e. The quantitative estimate of drug-likeness (QED) is 0.875. The summed E-state index contributed by atoms with van der Waals surface area (Å²) >= 11 is 0. The van der Waals surface area contributed by atoms with E-state index in [1.807, 2.05) is 7.05 Å². The van der Waals surface area contributed by atoms with E-state index in [0.29, 0.717) is 22.6 Å². The first-order valence-electron chi connectivity index (χ1n) is 7.11. The maximum absolute atomic E-state index is 12.4. The predicted molar refractivity (Wildman–Crippen MR) is 79.9 cm³/mol. The number of hydrogen-bond acceptors (Lipinski definition) is 4. The Morgan fingerprint density at radius 1 is 1.35 bits per heavy atom. The minimum atomic E-state index is -3.22. The molecule has 0 saturated heterocycles. The lowest BCUT2D eigenvalue weighted by atomic mass is 10.0. The largest absolute Gasteiger partial charge is 0.497 e. The summed E-state index contributed by atoms with van der Waals surface area (Å²) in [6.45, 7) is 0. The molecule has 1 aliphatic carbocycles. The number of ether oxygens (including phenoxy) is 1. The predicted octanol–water partition coefficient (Wildman–Crippen LogP) is 2.25. The topological polar surface area (TPSA) is 55.4 Å². The Morgan fingerprint density at radius 3 is 2.85 bits per heavy atom. The van der Waals surface area contributed by atoms with E-state index in [0.717, 1.165) is 19.3 Å². The van der Waals surface area contributed by atoms with Crippen molar-refractivity contribution in [1.82, 2.24) is 5.32 Å². The average molecular weight is 297 g/mol. The molecule has 2 rings (SSSR count). The van der Waals surface area contributed by atoms with E-state index in [2.05, 4.69) is 5.32 Å². The summed E-state index contributed by atoms with van der Waals surface area (Å²) in [5.41, 5.74) is 0. The van der Waals surface area contributed by atoms with Crippen molar-refractivity contribution in [2.75, 3.05) is 19.9 Å². The summed E-state index contributed by atoms with van der Waals surface area (Å²) in [4.78, 5) is 0.357. The summed E-state index contributed by atoms with van der Waals surface area (Å²) in [6, 6.07) is 7.18. The fraction of sp³-hybridized carbons (Fsp3) is 0.600. The summed E-state index contributed by atoms with van der Waals surface area (Å²) in [6.07, 6.45) is 4.19. The maximum atomic E-state index is 12.4. The second-order valence-electron chi connectivity index (χ2n) is 5.37. The summed E-state index contributed by atoms with van der Waals surface area (Å²) in [7, 11) is 0.282.